The van der Waals surface area contributed by atoms with Crippen molar-refractivity contribution in [3.8, 4) is 0 Å². The van der Waals surface area contributed by atoms with Gasteiger partial charge in [0.1, 0.15) is 0 Å². The van der Waals surface area contributed by atoms with E-state index in [1.807, 2.05) is 19.2 Å². The van der Waals surface area contributed by atoms with Gasteiger partial charge in [0, 0.05) is 45.3 Å². The summed E-state index contributed by atoms with van der Waals surface area (Å²) in [5.74, 6) is -2.99. The average molecular weight is 602 g/mol. The molecule has 0 saturated carbocycles. The topological polar surface area (TPSA) is 122 Å². The van der Waals surface area contributed by atoms with E-state index in [-0.39, 0.29) is 22.7 Å². The molecule has 3 aromatic rings. The van der Waals surface area contributed by atoms with Crippen LogP contribution in [-0.4, -0.2) is 67.6 Å². The van der Waals surface area contributed by atoms with Crippen LogP contribution in [0.5, 0.6) is 0 Å². The zero-order chi connectivity index (χ0) is 32.0. The number of carbonyl (C=O) groups is 3. The number of benzene rings is 3. The van der Waals surface area contributed by atoms with E-state index in [1.54, 1.807) is 36.4 Å². The van der Waals surface area contributed by atoms with Crippen molar-refractivity contribution in [3.05, 3.63) is 105 Å². The maximum Gasteiger partial charge on any atom is 0.335 e. The molecule has 9 heteroatoms. The predicted molar refractivity (Wildman–Crippen MR) is 169 cm³/mol. The summed E-state index contributed by atoms with van der Waals surface area (Å²) in [6, 6.07) is 16.5. The molecule has 0 amide bonds. The van der Waals surface area contributed by atoms with Crippen LogP contribution in [0.2, 0.25) is 0 Å². The molecule has 3 aromatic carbocycles. The van der Waals surface area contributed by atoms with Crippen LogP contribution >= 0.6 is 0 Å². The molecule has 0 aromatic heterocycles. The van der Waals surface area contributed by atoms with Gasteiger partial charge in [0.05, 0.1) is 16.7 Å². The second kappa shape index (κ2) is 14.6. The van der Waals surface area contributed by atoms with Crippen LogP contribution in [0, 0.1) is 0 Å². The van der Waals surface area contributed by atoms with Gasteiger partial charge in [-0.1, -0.05) is 32.0 Å². The normalized spacial score (nSPS) is 16.1. The molecule has 44 heavy (non-hydrogen) atoms. The van der Waals surface area contributed by atoms with Gasteiger partial charge in [-0.15, -0.1) is 0 Å². The molecule has 0 aliphatic carbocycles. The Hall–Kier alpha value is -4.05. The van der Waals surface area contributed by atoms with Crippen LogP contribution in [0.4, 0.5) is 0 Å². The van der Waals surface area contributed by atoms with Gasteiger partial charge < -0.3 is 15.3 Å². The van der Waals surface area contributed by atoms with Crippen LogP contribution in [0.3, 0.4) is 0 Å². The number of hydrogen-bond acceptors (Lipinski definition) is 6. The van der Waals surface area contributed by atoms with E-state index in [0.717, 1.165) is 52.8 Å². The third-order valence-electron chi connectivity index (χ3n) is 8.14. The lowest BCUT2D eigenvalue weighted by atomic mass is 10.0. The molecule has 0 radical (unpaired) electrons. The van der Waals surface area contributed by atoms with Gasteiger partial charge in [0.2, 0.25) is 0 Å². The van der Waals surface area contributed by atoms with Crippen LogP contribution in [-0.2, 0) is 39.3 Å². The van der Waals surface area contributed by atoms with Crippen LogP contribution in [0.25, 0.3) is 0 Å². The highest BCUT2D eigenvalue weighted by Gasteiger charge is 2.19. The number of carboxylic acid groups (broad SMARTS) is 3. The summed E-state index contributed by atoms with van der Waals surface area (Å²) in [5, 5.41) is 29.7. The zero-order valence-electron chi connectivity index (χ0n) is 26.0. The van der Waals surface area contributed by atoms with E-state index in [4.69, 9.17) is 0 Å². The lowest BCUT2D eigenvalue weighted by molar-refractivity contribution is 0.0685. The van der Waals surface area contributed by atoms with Crippen LogP contribution in [0.15, 0.2) is 54.6 Å². The van der Waals surface area contributed by atoms with E-state index >= 15 is 0 Å². The first-order valence-electron chi connectivity index (χ1n) is 15.2. The Bertz CT molecular complexity index is 1520. The summed E-state index contributed by atoms with van der Waals surface area (Å²) in [7, 11) is 1.94. The molecule has 234 valence electrons. The average Bonchev–Trinajstić information content (AvgIpc) is 2.95. The molecular formula is C35H43N3O6. The SMILES string of the molecule is CCCN1Cc2cc(cc(C(=O)O)c2)CN(C)Cc2cc(cc(C(=O)O)c2)CN(C(C)CC)Cc2cc(cc(C(=O)O)c2)C1. The molecule has 0 saturated heterocycles. The lowest BCUT2D eigenvalue weighted by Crippen LogP contribution is -2.32. The quantitative estimate of drug-likeness (QED) is 0.302. The summed E-state index contributed by atoms with van der Waals surface area (Å²) in [4.78, 5) is 42.9. The molecule has 0 spiro atoms. The zero-order valence-corrected chi connectivity index (χ0v) is 26.0. The fourth-order valence-electron chi connectivity index (χ4n) is 6.03. The summed E-state index contributed by atoms with van der Waals surface area (Å²) in [6.07, 6.45) is 1.76. The number of nitrogens with zero attached hydrogens (tertiary/aromatic N) is 3. The first-order chi connectivity index (χ1) is 20.9. The monoisotopic (exact) mass is 601 g/mol. The second-order valence-electron chi connectivity index (χ2n) is 12.1. The van der Waals surface area contributed by atoms with Gasteiger partial charge >= 0.3 is 17.9 Å². The third kappa shape index (κ3) is 8.75. The van der Waals surface area contributed by atoms with Crippen LogP contribution < -0.4 is 0 Å². The first kappa shape index (κ1) is 32.9. The van der Waals surface area contributed by atoms with E-state index in [2.05, 4.69) is 41.5 Å². The number of rotatable bonds is 7. The summed E-state index contributed by atoms with van der Waals surface area (Å²) >= 11 is 0. The summed E-state index contributed by atoms with van der Waals surface area (Å²) in [6.45, 7) is 10.1. The minimum Gasteiger partial charge on any atom is -0.478 e. The molecule has 1 aliphatic rings. The fourth-order valence-corrected chi connectivity index (χ4v) is 6.03. The van der Waals surface area contributed by atoms with Gasteiger partial charge in [-0.25, -0.2) is 14.4 Å². The maximum absolute atomic E-state index is 12.2. The molecular weight excluding hydrogens is 558 g/mol. The predicted octanol–water partition coefficient (Wildman–Crippen LogP) is 5.94. The molecule has 9 nitrogen and oxygen atoms in total. The standard InChI is InChI=1S/C35H43N3O6/c1-5-7-37-19-26-8-24(11-30(13-26)33(39)40)17-36(4)18-25-9-28(15-31(12-25)34(41)42)21-38(23(3)6-2)22-29-10-27(20-37)14-32(16-29)35(43)44/h8-16,23H,5-7,17-22H2,1-4H3,(H,39,40)(H,41,42)(H,43,44). The van der Waals surface area contributed by atoms with Gasteiger partial charge in [0.15, 0.2) is 0 Å². The van der Waals surface area contributed by atoms with Gasteiger partial charge in [0.25, 0.3) is 0 Å². The molecule has 0 fully saturated rings. The number of fused-ring (bicyclic) bond motifs is 6. The Morgan fingerprint density at radius 3 is 1.27 bits per heavy atom. The van der Waals surface area contributed by atoms with Crippen molar-refractivity contribution >= 4 is 17.9 Å². The van der Waals surface area contributed by atoms with Crippen molar-refractivity contribution in [3.63, 3.8) is 0 Å². The number of hydrogen-bond donors (Lipinski definition) is 3. The van der Waals surface area contributed by atoms with Gasteiger partial charge in [-0.05, 0) is 103 Å². The molecule has 1 atom stereocenters. The molecule has 1 heterocycles. The molecule has 3 N–H and O–H groups in total. The van der Waals surface area contributed by atoms with E-state index in [9.17, 15) is 29.7 Å². The van der Waals surface area contributed by atoms with Crippen molar-refractivity contribution in [2.24, 2.45) is 0 Å². The second-order valence-corrected chi connectivity index (χ2v) is 12.1. The van der Waals surface area contributed by atoms with Crippen molar-refractivity contribution in [2.45, 2.75) is 78.9 Å². The largest absolute Gasteiger partial charge is 0.478 e. The summed E-state index contributed by atoms with van der Waals surface area (Å²) in [5.41, 5.74) is 5.85. The van der Waals surface area contributed by atoms with Crippen molar-refractivity contribution in [1.82, 2.24) is 14.7 Å². The molecule has 1 aliphatic heterocycles. The fraction of sp³-hybridized carbons (Fsp3) is 0.400. The number of aromatic carboxylic acids is 3. The Balaban J connectivity index is 1.86. The van der Waals surface area contributed by atoms with Crippen molar-refractivity contribution in [2.75, 3.05) is 13.6 Å². The first-order valence-corrected chi connectivity index (χ1v) is 15.2. The minimum absolute atomic E-state index is 0.169. The van der Waals surface area contributed by atoms with Gasteiger partial charge in [-0.2, -0.15) is 0 Å². The molecule has 4 rings (SSSR count). The van der Waals surface area contributed by atoms with Crippen LogP contribution in [0.1, 0.15) is 98.1 Å². The Morgan fingerprint density at radius 2 is 0.955 bits per heavy atom. The van der Waals surface area contributed by atoms with E-state index < -0.39 is 17.9 Å². The lowest BCUT2D eigenvalue weighted by Gasteiger charge is -2.30. The Labute approximate surface area is 259 Å². The Kier molecular flexibility index (Phi) is 10.9. The van der Waals surface area contributed by atoms with E-state index in [0.29, 0.717) is 39.3 Å². The highest BCUT2D eigenvalue weighted by molar-refractivity contribution is 5.89. The number of carboxylic acids is 3. The molecule has 1 unspecified atom stereocenters. The van der Waals surface area contributed by atoms with Gasteiger partial charge in [-0.3, -0.25) is 14.7 Å². The minimum atomic E-state index is -0.998. The van der Waals surface area contributed by atoms with Crippen molar-refractivity contribution in [1.29, 1.82) is 0 Å². The highest BCUT2D eigenvalue weighted by Crippen LogP contribution is 2.23. The molecule has 6 bridgehead atoms. The summed E-state index contributed by atoms with van der Waals surface area (Å²) < 4.78 is 0. The Morgan fingerprint density at radius 1 is 0.614 bits per heavy atom. The smallest absolute Gasteiger partial charge is 0.335 e. The highest BCUT2D eigenvalue weighted by atomic mass is 16.4. The van der Waals surface area contributed by atoms with Crippen molar-refractivity contribution < 1.29 is 29.7 Å². The van der Waals surface area contributed by atoms with E-state index in [1.165, 1.54) is 0 Å². The maximum atomic E-state index is 12.2. The third-order valence-corrected chi connectivity index (χ3v) is 8.14.